The summed E-state index contributed by atoms with van der Waals surface area (Å²) in [6.07, 6.45) is 0.660. The fourth-order valence-electron chi connectivity index (χ4n) is 4.99. The Kier molecular flexibility index (Phi) is 4.88. The van der Waals surface area contributed by atoms with E-state index in [1.807, 2.05) is 30.3 Å². The Morgan fingerprint density at radius 1 is 0.735 bits per heavy atom. The van der Waals surface area contributed by atoms with Gasteiger partial charge in [0.15, 0.2) is 0 Å². The van der Waals surface area contributed by atoms with E-state index in [9.17, 15) is 4.79 Å². The van der Waals surface area contributed by atoms with E-state index >= 15 is 0 Å². The monoisotopic (exact) mass is 441 g/mol. The van der Waals surface area contributed by atoms with Crippen molar-refractivity contribution >= 4 is 38.5 Å². The Balaban J connectivity index is 1.60. The molecule has 0 fully saturated rings. The van der Waals surface area contributed by atoms with Gasteiger partial charge in [0, 0.05) is 21.8 Å². The van der Waals surface area contributed by atoms with E-state index in [1.165, 1.54) is 39.7 Å². The summed E-state index contributed by atoms with van der Waals surface area (Å²) in [6, 6.07) is 37.8. The molecule has 0 N–H and O–H groups in total. The van der Waals surface area contributed by atoms with Gasteiger partial charge in [0.1, 0.15) is 0 Å². The predicted octanol–water partition coefficient (Wildman–Crippen LogP) is 7.31. The molecule has 0 aliphatic rings. The second-order valence-corrected chi connectivity index (χ2v) is 8.53. The minimum Gasteiger partial charge on any atom is -0.465 e. The highest BCUT2D eigenvalue weighted by Gasteiger charge is 2.16. The summed E-state index contributed by atoms with van der Waals surface area (Å²) in [5, 5.41) is 4.89. The van der Waals surface area contributed by atoms with E-state index < -0.39 is 0 Å². The summed E-state index contributed by atoms with van der Waals surface area (Å²) in [6.45, 7) is 0. The average Bonchev–Trinajstić information content (AvgIpc) is 3.23. The number of benzene rings is 5. The zero-order valence-corrected chi connectivity index (χ0v) is 18.9. The van der Waals surface area contributed by atoms with Crippen LogP contribution in [0.25, 0.3) is 38.3 Å². The first-order valence-electron chi connectivity index (χ1n) is 11.4. The Hall–Kier alpha value is -4.37. The van der Waals surface area contributed by atoms with Gasteiger partial charge in [-0.25, -0.2) is 4.79 Å². The van der Waals surface area contributed by atoms with Crippen molar-refractivity contribution in [1.29, 1.82) is 0 Å². The lowest BCUT2D eigenvalue weighted by Gasteiger charge is -2.10. The van der Waals surface area contributed by atoms with Crippen LogP contribution in [0.5, 0.6) is 0 Å². The second kappa shape index (κ2) is 8.20. The van der Waals surface area contributed by atoms with Gasteiger partial charge in [0.25, 0.3) is 0 Å². The van der Waals surface area contributed by atoms with Gasteiger partial charge >= 0.3 is 5.97 Å². The summed E-state index contributed by atoms with van der Waals surface area (Å²) >= 11 is 0. The van der Waals surface area contributed by atoms with Crippen molar-refractivity contribution in [3.63, 3.8) is 0 Å². The molecule has 0 amide bonds. The Morgan fingerprint density at radius 2 is 1.50 bits per heavy atom. The molecule has 3 nitrogen and oxygen atoms in total. The molecule has 0 saturated carbocycles. The molecular weight excluding hydrogens is 418 g/mol. The van der Waals surface area contributed by atoms with Crippen LogP contribution >= 0.6 is 0 Å². The SMILES string of the molecule is COC(=O)c1ccccc1Cc1ccc2c(c1)c1ccc3ccccc3c1n2-c1ccccc1. The van der Waals surface area contributed by atoms with Crippen molar-refractivity contribution in [2.45, 2.75) is 6.42 Å². The van der Waals surface area contributed by atoms with Gasteiger partial charge in [0.05, 0.1) is 23.7 Å². The normalized spacial score (nSPS) is 11.3. The molecule has 0 aliphatic carbocycles. The van der Waals surface area contributed by atoms with E-state index in [2.05, 4.69) is 83.4 Å². The van der Waals surface area contributed by atoms with Crippen LogP contribution in [-0.2, 0) is 11.2 Å². The molecule has 34 heavy (non-hydrogen) atoms. The lowest BCUT2D eigenvalue weighted by atomic mass is 9.98. The highest BCUT2D eigenvalue weighted by atomic mass is 16.5. The number of methoxy groups -OCH3 is 1. The number of carbonyl (C=O) groups excluding carboxylic acids is 1. The summed E-state index contributed by atoms with van der Waals surface area (Å²) in [4.78, 5) is 12.3. The first-order valence-corrected chi connectivity index (χ1v) is 11.4. The molecule has 0 bridgehead atoms. The van der Waals surface area contributed by atoms with Crippen LogP contribution in [0.4, 0.5) is 0 Å². The minimum atomic E-state index is -0.302. The number of ether oxygens (including phenoxy) is 1. The molecule has 0 radical (unpaired) electrons. The van der Waals surface area contributed by atoms with E-state index in [0.29, 0.717) is 12.0 Å². The summed E-state index contributed by atoms with van der Waals surface area (Å²) in [7, 11) is 1.42. The largest absolute Gasteiger partial charge is 0.465 e. The zero-order valence-electron chi connectivity index (χ0n) is 18.9. The van der Waals surface area contributed by atoms with Crippen LogP contribution in [0.15, 0.2) is 109 Å². The number of fused-ring (bicyclic) bond motifs is 5. The third-order valence-electron chi connectivity index (χ3n) is 6.55. The molecule has 0 aliphatic heterocycles. The van der Waals surface area contributed by atoms with Gasteiger partial charge in [0.2, 0.25) is 0 Å². The lowest BCUT2D eigenvalue weighted by Crippen LogP contribution is -2.06. The molecule has 164 valence electrons. The molecule has 0 unspecified atom stereocenters. The number of hydrogen-bond acceptors (Lipinski definition) is 2. The van der Waals surface area contributed by atoms with Crippen molar-refractivity contribution in [3.8, 4) is 5.69 Å². The lowest BCUT2D eigenvalue weighted by molar-refractivity contribution is 0.0599. The quantitative estimate of drug-likeness (QED) is 0.269. The molecular formula is C31H23NO2. The number of carbonyl (C=O) groups is 1. The maximum atomic E-state index is 12.3. The van der Waals surface area contributed by atoms with Crippen molar-refractivity contribution < 1.29 is 9.53 Å². The molecule has 0 saturated heterocycles. The number of aromatic nitrogens is 1. The van der Waals surface area contributed by atoms with Crippen molar-refractivity contribution in [3.05, 3.63) is 126 Å². The number of esters is 1. The van der Waals surface area contributed by atoms with Crippen LogP contribution in [0.3, 0.4) is 0 Å². The van der Waals surface area contributed by atoms with Crippen LogP contribution in [0.1, 0.15) is 21.5 Å². The third kappa shape index (κ3) is 3.25. The summed E-state index contributed by atoms with van der Waals surface area (Å²) < 4.78 is 7.35. The summed E-state index contributed by atoms with van der Waals surface area (Å²) in [5.74, 6) is -0.302. The molecule has 1 heterocycles. The Bertz CT molecular complexity index is 1680. The topological polar surface area (TPSA) is 31.2 Å². The van der Waals surface area contributed by atoms with Crippen LogP contribution in [0.2, 0.25) is 0 Å². The molecule has 5 aromatic carbocycles. The first-order chi connectivity index (χ1) is 16.7. The standard InChI is InChI=1S/C31H23NO2/c1-34-31(33)26-14-8-6-10-23(26)19-21-15-18-29-28(20-21)27-17-16-22-9-5-7-13-25(22)30(27)32(29)24-11-3-2-4-12-24/h2-18,20H,19H2,1H3. The van der Waals surface area contributed by atoms with Gasteiger partial charge in [-0.3, -0.25) is 0 Å². The highest BCUT2D eigenvalue weighted by molar-refractivity contribution is 6.18. The number of para-hydroxylation sites is 1. The molecule has 6 aromatic rings. The van der Waals surface area contributed by atoms with Gasteiger partial charge in [-0.05, 0) is 53.3 Å². The van der Waals surface area contributed by atoms with E-state index in [0.717, 1.165) is 16.8 Å². The van der Waals surface area contributed by atoms with E-state index in [4.69, 9.17) is 4.74 Å². The fraction of sp³-hybridized carbons (Fsp3) is 0.0645. The van der Waals surface area contributed by atoms with Crippen molar-refractivity contribution in [1.82, 2.24) is 4.57 Å². The predicted molar refractivity (Wildman–Crippen MR) is 139 cm³/mol. The zero-order chi connectivity index (χ0) is 23.1. The maximum Gasteiger partial charge on any atom is 0.338 e. The third-order valence-corrected chi connectivity index (χ3v) is 6.55. The first kappa shape index (κ1) is 20.3. The van der Waals surface area contributed by atoms with Gasteiger partial charge < -0.3 is 9.30 Å². The fourth-order valence-corrected chi connectivity index (χ4v) is 4.99. The minimum absolute atomic E-state index is 0.302. The highest BCUT2D eigenvalue weighted by Crippen LogP contribution is 2.37. The van der Waals surface area contributed by atoms with Gasteiger partial charge in [-0.1, -0.05) is 78.9 Å². The van der Waals surface area contributed by atoms with Crippen LogP contribution < -0.4 is 0 Å². The van der Waals surface area contributed by atoms with Gasteiger partial charge in [-0.15, -0.1) is 0 Å². The second-order valence-electron chi connectivity index (χ2n) is 8.53. The molecule has 1 aromatic heterocycles. The molecule has 3 heteroatoms. The molecule has 6 rings (SSSR count). The van der Waals surface area contributed by atoms with Crippen LogP contribution in [-0.4, -0.2) is 17.6 Å². The van der Waals surface area contributed by atoms with Crippen molar-refractivity contribution in [2.75, 3.05) is 7.11 Å². The molecule has 0 spiro atoms. The Morgan fingerprint density at radius 3 is 2.35 bits per heavy atom. The van der Waals surface area contributed by atoms with Crippen molar-refractivity contribution in [2.24, 2.45) is 0 Å². The van der Waals surface area contributed by atoms with E-state index in [-0.39, 0.29) is 5.97 Å². The van der Waals surface area contributed by atoms with E-state index in [1.54, 1.807) is 0 Å². The number of hydrogen-bond donors (Lipinski definition) is 0. The number of rotatable bonds is 4. The Labute approximate surface area is 197 Å². The maximum absolute atomic E-state index is 12.3. The van der Waals surface area contributed by atoms with Gasteiger partial charge in [-0.2, -0.15) is 0 Å². The van der Waals surface area contributed by atoms with Crippen LogP contribution in [0, 0.1) is 0 Å². The smallest absolute Gasteiger partial charge is 0.338 e. The summed E-state index contributed by atoms with van der Waals surface area (Å²) in [5.41, 5.74) is 6.26. The number of nitrogens with zero attached hydrogens (tertiary/aromatic N) is 1. The molecule has 0 atom stereocenters. The average molecular weight is 442 g/mol.